The number of aromatic nitrogens is 4. The molecule has 0 radical (unpaired) electrons. The zero-order valence-electron chi connectivity index (χ0n) is 13.8. The smallest absolute Gasteiger partial charge is 0.350 e. The highest BCUT2D eigenvalue weighted by molar-refractivity contribution is 5.90. The number of hydrogen-bond donors (Lipinski definition) is 1. The Bertz CT molecular complexity index is 813. The third-order valence-corrected chi connectivity index (χ3v) is 3.23. The molecule has 0 atom stereocenters. The van der Waals surface area contributed by atoms with E-state index in [4.69, 9.17) is 0 Å². The van der Waals surface area contributed by atoms with Gasteiger partial charge in [-0.25, -0.2) is 4.68 Å². The van der Waals surface area contributed by atoms with E-state index in [1.54, 1.807) is 0 Å². The lowest BCUT2D eigenvalue weighted by molar-refractivity contribution is -0.386. The first-order valence-electron chi connectivity index (χ1n) is 7.22. The Kier molecular flexibility index (Phi) is 5.59. The maximum atomic E-state index is 12.0. The van der Waals surface area contributed by atoms with Gasteiger partial charge in [-0.1, -0.05) is 0 Å². The molecule has 10 nitrogen and oxygen atoms in total. The molecule has 26 heavy (non-hydrogen) atoms. The molecular formula is C13H15F3N6O4. The van der Waals surface area contributed by atoms with Crippen LogP contribution in [0.1, 0.15) is 11.4 Å². The number of carbonyl (C=O) groups excluding carboxylic acids is 1. The highest BCUT2D eigenvalue weighted by atomic mass is 19.4. The number of nitro groups is 1. The lowest BCUT2D eigenvalue weighted by atomic mass is 10.3. The fourth-order valence-electron chi connectivity index (χ4n) is 2.20. The number of amides is 1. The Balaban J connectivity index is 1.93. The van der Waals surface area contributed by atoms with Gasteiger partial charge in [0.2, 0.25) is 5.91 Å². The highest BCUT2D eigenvalue weighted by Gasteiger charge is 2.27. The van der Waals surface area contributed by atoms with Gasteiger partial charge in [-0.3, -0.25) is 19.6 Å². The van der Waals surface area contributed by atoms with Crippen LogP contribution in [0.4, 0.5) is 24.5 Å². The molecule has 0 aliphatic heterocycles. The Hall–Kier alpha value is -2.96. The van der Waals surface area contributed by atoms with Crippen molar-refractivity contribution >= 4 is 17.3 Å². The van der Waals surface area contributed by atoms with Crippen LogP contribution in [0.15, 0.2) is 12.4 Å². The van der Waals surface area contributed by atoms with Crippen molar-refractivity contribution < 1.29 is 27.6 Å². The topological polar surface area (TPSA) is 117 Å². The lowest BCUT2D eigenvalue weighted by Gasteiger charge is -2.07. The van der Waals surface area contributed by atoms with Crippen molar-refractivity contribution in [2.75, 3.05) is 11.9 Å². The van der Waals surface area contributed by atoms with Crippen LogP contribution in [-0.2, 0) is 22.8 Å². The summed E-state index contributed by atoms with van der Waals surface area (Å²) < 4.78 is 42.7. The molecule has 0 aliphatic rings. The Morgan fingerprint density at radius 2 is 2.12 bits per heavy atom. The predicted octanol–water partition coefficient (Wildman–Crippen LogP) is 1.78. The summed E-state index contributed by atoms with van der Waals surface area (Å²) in [6.07, 6.45) is -1.91. The highest BCUT2D eigenvalue weighted by Crippen LogP contribution is 2.21. The molecule has 13 heteroatoms. The molecular weight excluding hydrogens is 361 g/mol. The van der Waals surface area contributed by atoms with Gasteiger partial charge in [0.1, 0.15) is 31.3 Å². The minimum Gasteiger partial charge on any atom is -0.350 e. The molecule has 1 amide bonds. The van der Waals surface area contributed by atoms with E-state index in [9.17, 15) is 28.1 Å². The molecule has 2 heterocycles. The van der Waals surface area contributed by atoms with Crippen molar-refractivity contribution in [3.8, 4) is 0 Å². The van der Waals surface area contributed by atoms with Gasteiger partial charge in [-0.15, -0.1) is 0 Å². The monoisotopic (exact) mass is 376 g/mol. The number of anilines is 1. The van der Waals surface area contributed by atoms with Crippen LogP contribution in [0.3, 0.4) is 0 Å². The SMILES string of the molecule is Cc1nn(CC(=O)Nc2cnn(COCC(F)(F)F)c2)c(C)c1[N+](=O)[O-]. The Morgan fingerprint density at radius 3 is 2.69 bits per heavy atom. The molecule has 142 valence electrons. The van der Waals surface area contributed by atoms with Gasteiger partial charge in [0.05, 0.1) is 23.0 Å². The van der Waals surface area contributed by atoms with E-state index in [-0.39, 0.29) is 29.3 Å². The third kappa shape index (κ3) is 5.02. The van der Waals surface area contributed by atoms with Crippen LogP contribution in [0.25, 0.3) is 0 Å². The van der Waals surface area contributed by atoms with Crippen LogP contribution in [0.2, 0.25) is 0 Å². The average Bonchev–Trinajstić information content (AvgIpc) is 3.02. The molecule has 1 N–H and O–H groups in total. The molecule has 2 aromatic rings. The Morgan fingerprint density at radius 1 is 1.42 bits per heavy atom. The number of nitrogens with zero attached hydrogens (tertiary/aromatic N) is 5. The van der Waals surface area contributed by atoms with E-state index in [2.05, 4.69) is 20.3 Å². The first-order valence-corrected chi connectivity index (χ1v) is 7.22. The van der Waals surface area contributed by atoms with Gasteiger partial charge in [0.15, 0.2) is 0 Å². The first kappa shape index (κ1) is 19.4. The van der Waals surface area contributed by atoms with Gasteiger partial charge in [0.25, 0.3) is 0 Å². The van der Waals surface area contributed by atoms with Crippen LogP contribution in [-0.4, -0.2) is 43.2 Å². The molecule has 0 bridgehead atoms. The number of ether oxygens (including phenoxy) is 1. The maximum absolute atomic E-state index is 12.0. The van der Waals surface area contributed by atoms with Gasteiger partial charge >= 0.3 is 11.9 Å². The molecule has 0 spiro atoms. The van der Waals surface area contributed by atoms with Crippen LogP contribution < -0.4 is 5.32 Å². The fraction of sp³-hybridized carbons (Fsp3) is 0.462. The summed E-state index contributed by atoms with van der Waals surface area (Å²) >= 11 is 0. The fourth-order valence-corrected chi connectivity index (χ4v) is 2.20. The van der Waals surface area contributed by atoms with E-state index < -0.39 is 30.3 Å². The second-order valence-electron chi connectivity index (χ2n) is 5.34. The summed E-state index contributed by atoms with van der Waals surface area (Å²) in [4.78, 5) is 22.4. The van der Waals surface area contributed by atoms with E-state index in [1.807, 2.05) is 0 Å². The molecule has 2 rings (SSSR count). The van der Waals surface area contributed by atoms with Crippen molar-refractivity contribution in [3.63, 3.8) is 0 Å². The standard InChI is InChI=1S/C13H15F3N6O4/c1-8-12(22(24)25)9(2)21(19-8)5-11(23)18-10-3-17-20(4-10)7-26-6-13(14,15)16/h3-4H,5-7H2,1-2H3,(H,18,23). The summed E-state index contributed by atoms with van der Waals surface area (Å²) in [5, 5.41) is 21.1. The Labute approximate surface area is 144 Å². The van der Waals surface area contributed by atoms with Crippen LogP contribution in [0, 0.1) is 24.0 Å². The van der Waals surface area contributed by atoms with Crippen molar-refractivity contribution in [1.29, 1.82) is 0 Å². The first-order chi connectivity index (χ1) is 12.1. The van der Waals surface area contributed by atoms with Crippen LogP contribution >= 0.6 is 0 Å². The number of alkyl halides is 3. The van der Waals surface area contributed by atoms with Crippen molar-refractivity contribution in [1.82, 2.24) is 19.6 Å². The number of halogens is 3. The molecule has 0 aromatic carbocycles. The predicted molar refractivity (Wildman–Crippen MR) is 81.2 cm³/mol. The van der Waals surface area contributed by atoms with Crippen molar-refractivity contribution in [2.45, 2.75) is 33.3 Å². The second-order valence-corrected chi connectivity index (χ2v) is 5.34. The molecule has 0 saturated carbocycles. The molecule has 0 aliphatic carbocycles. The molecule has 0 unspecified atom stereocenters. The molecule has 0 saturated heterocycles. The summed E-state index contributed by atoms with van der Waals surface area (Å²) in [5.41, 5.74) is 0.503. The third-order valence-electron chi connectivity index (χ3n) is 3.23. The van der Waals surface area contributed by atoms with Crippen LogP contribution in [0.5, 0.6) is 0 Å². The van der Waals surface area contributed by atoms with E-state index in [0.717, 1.165) is 4.68 Å². The maximum Gasteiger partial charge on any atom is 0.411 e. The van der Waals surface area contributed by atoms with Gasteiger partial charge < -0.3 is 10.1 Å². The zero-order chi connectivity index (χ0) is 19.5. The normalized spacial score (nSPS) is 11.6. The van der Waals surface area contributed by atoms with Crippen molar-refractivity contribution in [3.05, 3.63) is 33.9 Å². The summed E-state index contributed by atoms with van der Waals surface area (Å²) in [6.45, 7) is 0.826. The second kappa shape index (κ2) is 7.51. The quantitative estimate of drug-likeness (QED) is 0.581. The van der Waals surface area contributed by atoms with Gasteiger partial charge in [0, 0.05) is 0 Å². The minimum atomic E-state index is -4.44. The van der Waals surface area contributed by atoms with Gasteiger partial charge in [-0.2, -0.15) is 23.4 Å². The lowest BCUT2D eigenvalue weighted by Crippen LogP contribution is -2.20. The largest absolute Gasteiger partial charge is 0.411 e. The average molecular weight is 376 g/mol. The number of hydrogen-bond acceptors (Lipinski definition) is 6. The van der Waals surface area contributed by atoms with E-state index in [0.29, 0.717) is 0 Å². The summed E-state index contributed by atoms with van der Waals surface area (Å²) in [7, 11) is 0. The van der Waals surface area contributed by atoms with E-state index >= 15 is 0 Å². The van der Waals surface area contributed by atoms with Gasteiger partial charge in [-0.05, 0) is 13.8 Å². The minimum absolute atomic E-state index is 0.160. The number of carbonyl (C=O) groups is 1. The summed E-state index contributed by atoms with van der Waals surface area (Å²) in [6, 6.07) is 0. The number of aryl methyl sites for hydroxylation is 1. The molecule has 0 fully saturated rings. The number of rotatable bonds is 7. The summed E-state index contributed by atoms with van der Waals surface area (Å²) in [5.74, 6) is -0.527. The zero-order valence-corrected chi connectivity index (χ0v) is 13.8. The number of nitrogens with one attached hydrogen (secondary N) is 1. The molecule has 2 aromatic heterocycles. The van der Waals surface area contributed by atoms with E-state index in [1.165, 1.54) is 30.9 Å². The van der Waals surface area contributed by atoms with Crippen molar-refractivity contribution in [2.24, 2.45) is 0 Å².